The summed E-state index contributed by atoms with van der Waals surface area (Å²) >= 11 is 0. The number of fused-ring (bicyclic) bond motifs is 2. The minimum atomic E-state index is 0.445. The van der Waals surface area contributed by atoms with Gasteiger partial charge in [-0.3, -0.25) is 0 Å². The number of hydrogen-bond donors (Lipinski definition) is 1. The highest BCUT2D eigenvalue weighted by molar-refractivity contribution is 4.93. The predicted octanol–water partition coefficient (Wildman–Crippen LogP) is 2.71. The number of methoxy groups -OCH3 is 1. The van der Waals surface area contributed by atoms with Gasteiger partial charge >= 0.3 is 0 Å². The van der Waals surface area contributed by atoms with Crippen molar-refractivity contribution in [2.24, 2.45) is 17.1 Å². The normalized spacial score (nSPS) is 41.2. The molecular weight excluding hydrogens is 186 g/mol. The van der Waals surface area contributed by atoms with Gasteiger partial charge in [0.2, 0.25) is 0 Å². The Balaban J connectivity index is 1.99. The van der Waals surface area contributed by atoms with E-state index in [1.165, 1.54) is 51.4 Å². The minimum Gasteiger partial charge on any atom is -0.385 e. The first-order valence-electron chi connectivity index (χ1n) is 6.49. The number of ether oxygens (including phenoxy) is 1. The van der Waals surface area contributed by atoms with Crippen molar-refractivity contribution >= 4 is 0 Å². The Morgan fingerprint density at radius 1 is 1.27 bits per heavy atom. The summed E-state index contributed by atoms with van der Waals surface area (Å²) in [7, 11) is 1.81. The van der Waals surface area contributed by atoms with Crippen LogP contribution in [0.2, 0.25) is 0 Å². The zero-order valence-corrected chi connectivity index (χ0v) is 10.0. The molecule has 2 aliphatic rings. The summed E-state index contributed by atoms with van der Waals surface area (Å²) in [5.74, 6) is 0.995. The SMILES string of the molecule is COCCC12CC[C@H](CCC[C@H](N)C1)C2. The third-order valence-corrected chi connectivity index (χ3v) is 4.52. The van der Waals surface area contributed by atoms with Crippen LogP contribution in [0.1, 0.15) is 51.4 Å². The van der Waals surface area contributed by atoms with Crippen LogP contribution in [0.15, 0.2) is 0 Å². The third-order valence-electron chi connectivity index (χ3n) is 4.52. The molecule has 0 aromatic rings. The fraction of sp³-hybridized carbons (Fsp3) is 1.00. The van der Waals surface area contributed by atoms with E-state index in [2.05, 4.69) is 0 Å². The molecule has 0 aromatic carbocycles. The van der Waals surface area contributed by atoms with Gasteiger partial charge in [0.1, 0.15) is 0 Å². The van der Waals surface area contributed by atoms with E-state index in [0.29, 0.717) is 11.5 Å². The second-order valence-electron chi connectivity index (χ2n) is 5.75. The Morgan fingerprint density at radius 3 is 2.93 bits per heavy atom. The molecule has 3 atom stereocenters. The van der Waals surface area contributed by atoms with Gasteiger partial charge in [-0.15, -0.1) is 0 Å². The van der Waals surface area contributed by atoms with Crippen LogP contribution >= 0.6 is 0 Å². The van der Waals surface area contributed by atoms with E-state index in [9.17, 15) is 0 Å². The fourth-order valence-corrected chi connectivity index (χ4v) is 3.73. The molecule has 2 nitrogen and oxygen atoms in total. The lowest BCUT2D eigenvalue weighted by atomic mass is 9.74. The van der Waals surface area contributed by atoms with Crippen LogP contribution in [0.5, 0.6) is 0 Å². The molecule has 1 unspecified atom stereocenters. The molecule has 2 rings (SSSR count). The quantitative estimate of drug-likeness (QED) is 0.779. The Labute approximate surface area is 93.6 Å². The molecule has 0 aromatic heterocycles. The Morgan fingerprint density at radius 2 is 2.13 bits per heavy atom. The van der Waals surface area contributed by atoms with Gasteiger partial charge in [0.25, 0.3) is 0 Å². The molecule has 0 saturated heterocycles. The molecule has 0 aliphatic heterocycles. The molecule has 0 heterocycles. The number of rotatable bonds is 3. The summed E-state index contributed by atoms with van der Waals surface area (Å²) in [6.45, 7) is 0.916. The van der Waals surface area contributed by atoms with Crippen LogP contribution in [0.4, 0.5) is 0 Å². The molecule has 2 bridgehead atoms. The molecule has 2 saturated carbocycles. The average molecular weight is 211 g/mol. The maximum Gasteiger partial charge on any atom is 0.0467 e. The third kappa shape index (κ3) is 2.73. The van der Waals surface area contributed by atoms with Crippen molar-refractivity contribution in [3.63, 3.8) is 0 Å². The van der Waals surface area contributed by atoms with Gasteiger partial charge in [-0.05, 0) is 49.9 Å². The van der Waals surface area contributed by atoms with Crippen LogP contribution in [0, 0.1) is 11.3 Å². The van der Waals surface area contributed by atoms with Gasteiger partial charge in [-0.25, -0.2) is 0 Å². The molecule has 2 N–H and O–H groups in total. The second kappa shape index (κ2) is 4.84. The summed E-state index contributed by atoms with van der Waals surface area (Å²) in [5, 5.41) is 0. The van der Waals surface area contributed by atoms with Gasteiger partial charge in [0.15, 0.2) is 0 Å². The standard InChI is InChI=1S/C13H25NO/c1-15-8-7-13-6-5-11(9-13)3-2-4-12(14)10-13/h11-12H,2-10,14H2,1H3/t11-,12-,13?/m0/s1. The van der Waals surface area contributed by atoms with E-state index < -0.39 is 0 Å². The van der Waals surface area contributed by atoms with Crippen molar-refractivity contribution < 1.29 is 4.74 Å². The summed E-state index contributed by atoms with van der Waals surface area (Å²) in [5.41, 5.74) is 6.75. The Kier molecular flexibility index (Phi) is 3.68. The lowest BCUT2D eigenvalue weighted by molar-refractivity contribution is 0.117. The van der Waals surface area contributed by atoms with Crippen molar-refractivity contribution in [2.45, 2.75) is 57.4 Å². The highest BCUT2D eigenvalue weighted by Gasteiger charge is 2.40. The van der Waals surface area contributed by atoms with E-state index in [1.54, 1.807) is 0 Å². The van der Waals surface area contributed by atoms with Crippen molar-refractivity contribution in [3.8, 4) is 0 Å². The molecule has 0 spiro atoms. The van der Waals surface area contributed by atoms with Crippen LogP contribution in [-0.2, 0) is 4.74 Å². The lowest BCUT2D eigenvalue weighted by Crippen LogP contribution is -2.32. The topological polar surface area (TPSA) is 35.2 Å². The van der Waals surface area contributed by atoms with Gasteiger partial charge in [-0.2, -0.15) is 0 Å². The average Bonchev–Trinajstić information content (AvgIpc) is 2.59. The maximum absolute atomic E-state index is 6.20. The van der Waals surface area contributed by atoms with Crippen molar-refractivity contribution in [1.82, 2.24) is 0 Å². The smallest absolute Gasteiger partial charge is 0.0467 e. The van der Waals surface area contributed by atoms with Gasteiger partial charge < -0.3 is 10.5 Å². The van der Waals surface area contributed by atoms with Crippen LogP contribution in [0.25, 0.3) is 0 Å². The Hall–Kier alpha value is -0.0800. The van der Waals surface area contributed by atoms with E-state index >= 15 is 0 Å². The molecule has 0 amide bonds. The van der Waals surface area contributed by atoms with Gasteiger partial charge in [0.05, 0.1) is 0 Å². The minimum absolute atomic E-state index is 0.445. The van der Waals surface area contributed by atoms with E-state index in [-0.39, 0.29) is 0 Å². The first kappa shape index (κ1) is 11.4. The largest absolute Gasteiger partial charge is 0.385 e. The van der Waals surface area contributed by atoms with Crippen LogP contribution in [0.3, 0.4) is 0 Å². The molecule has 2 aliphatic carbocycles. The fourth-order valence-electron chi connectivity index (χ4n) is 3.73. The maximum atomic E-state index is 6.20. The summed E-state index contributed by atoms with van der Waals surface area (Å²) in [4.78, 5) is 0. The number of nitrogens with two attached hydrogens (primary N) is 1. The van der Waals surface area contributed by atoms with Crippen LogP contribution < -0.4 is 5.73 Å². The summed E-state index contributed by atoms with van der Waals surface area (Å²) in [6.07, 6.45) is 10.7. The predicted molar refractivity (Wildman–Crippen MR) is 62.7 cm³/mol. The van der Waals surface area contributed by atoms with Gasteiger partial charge in [-0.1, -0.05) is 12.8 Å². The van der Waals surface area contributed by atoms with E-state index in [0.717, 1.165) is 12.5 Å². The van der Waals surface area contributed by atoms with Crippen molar-refractivity contribution in [2.75, 3.05) is 13.7 Å². The molecule has 0 radical (unpaired) electrons. The van der Waals surface area contributed by atoms with Crippen molar-refractivity contribution in [3.05, 3.63) is 0 Å². The first-order valence-corrected chi connectivity index (χ1v) is 6.49. The number of hydrogen-bond acceptors (Lipinski definition) is 2. The molecular formula is C13H25NO. The molecule has 88 valence electrons. The van der Waals surface area contributed by atoms with Crippen LogP contribution in [-0.4, -0.2) is 19.8 Å². The monoisotopic (exact) mass is 211 g/mol. The lowest BCUT2D eigenvalue weighted by Gasteiger charge is -2.34. The summed E-state index contributed by atoms with van der Waals surface area (Å²) < 4.78 is 5.26. The highest BCUT2D eigenvalue weighted by atomic mass is 16.5. The van der Waals surface area contributed by atoms with Gasteiger partial charge in [0, 0.05) is 19.8 Å². The second-order valence-corrected chi connectivity index (χ2v) is 5.75. The van der Waals surface area contributed by atoms with E-state index in [1.807, 2.05) is 7.11 Å². The zero-order valence-electron chi connectivity index (χ0n) is 10.0. The first-order chi connectivity index (χ1) is 7.24. The van der Waals surface area contributed by atoms with E-state index in [4.69, 9.17) is 10.5 Å². The summed E-state index contributed by atoms with van der Waals surface area (Å²) in [6, 6.07) is 0.445. The highest BCUT2D eigenvalue weighted by Crippen LogP contribution is 2.50. The molecule has 2 fully saturated rings. The zero-order chi connectivity index (χ0) is 10.7. The molecule has 2 heteroatoms. The Bertz CT molecular complexity index is 207. The molecule has 15 heavy (non-hydrogen) atoms. The van der Waals surface area contributed by atoms with Crippen molar-refractivity contribution in [1.29, 1.82) is 0 Å².